The Labute approximate surface area is 81.4 Å². The van der Waals surface area contributed by atoms with Gasteiger partial charge < -0.3 is 11.5 Å². The molecule has 0 bridgehead atoms. The molecule has 5 heteroatoms. The fourth-order valence-electron chi connectivity index (χ4n) is 1.23. The molecule has 0 atom stereocenters. The van der Waals surface area contributed by atoms with Crippen molar-refractivity contribution in [1.82, 2.24) is 14.8 Å². The Kier molecular flexibility index (Phi) is 1.85. The van der Waals surface area contributed by atoms with Crippen LogP contribution in [0.15, 0.2) is 24.5 Å². The van der Waals surface area contributed by atoms with Crippen molar-refractivity contribution in [1.29, 1.82) is 0 Å². The molecule has 0 radical (unpaired) electrons. The summed E-state index contributed by atoms with van der Waals surface area (Å²) in [6.45, 7) is 0. The molecular weight excluding hydrogens is 178 g/mol. The number of nitrogens with two attached hydrogens (primary N) is 2. The van der Waals surface area contributed by atoms with Crippen LogP contribution in [0.1, 0.15) is 0 Å². The molecule has 0 aliphatic rings. The Morgan fingerprint density at radius 3 is 2.71 bits per heavy atom. The standard InChI is InChI=1S/C9H11N5/c1-14-5-3-7(13-14)9-8(11)6(10)2-4-12-9/h2-5H,11H2,1H3,(H2,10,12). The van der Waals surface area contributed by atoms with Crippen LogP contribution in [0.25, 0.3) is 11.4 Å². The van der Waals surface area contributed by atoms with E-state index in [9.17, 15) is 0 Å². The van der Waals surface area contributed by atoms with E-state index in [-0.39, 0.29) is 0 Å². The number of nitrogens with zero attached hydrogens (tertiary/aromatic N) is 3. The van der Waals surface area contributed by atoms with Gasteiger partial charge in [0.1, 0.15) is 11.4 Å². The number of aromatic nitrogens is 3. The molecular formula is C9H11N5. The zero-order valence-corrected chi connectivity index (χ0v) is 7.81. The predicted molar refractivity (Wildman–Crippen MR) is 55.3 cm³/mol. The van der Waals surface area contributed by atoms with E-state index in [0.29, 0.717) is 17.1 Å². The first-order valence-electron chi connectivity index (χ1n) is 4.18. The molecule has 5 nitrogen and oxygen atoms in total. The Balaban J connectivity index is 2.57. The highest BCUT2D eigenvalue weighted by Gasteiger charge is 2.08. The largest absolute Gasteiger partial charge is 0.397 e. The lowest BCUT2D eigenvalue weighted by atomic mass is 10.2. The molecule has 0 saturated heterocycles. The van der Waals surface area contributed by atoms with Gasteiger partial charge in [-0.05, 0) is 12.1 Å². The average Bonchev–Trinajstić information content (AvgIpc) is 2.57. The van der Waals surface area contributed by atoms with Crippen LogP contribution in [0, 0.1) is 0 Å². The number of rotatable bonds is 1. The fraction of sp³-hybridized carbons (Fsp3) is 0.111. The van der Waals surface area contributed by atoms with Crippen LogP contribution in [0.5, 0.6) is 0 Å². The molecule has 0 aliphatic heterocycles. The summed E-state index contributed by atoms with van der Waals surface area (Å²) in [7, 11) is 1.84. The lowest BCUT2D eigenvalue weighted by Crippen LogP contribution is -1.99. The van der Waals surface area contributed by atoms with Crippen molar-refractivity contribution < 1.29 is 0 Å². The topological polar surface area (TPSA) is 82.8 Å². The van der Waals surface area contributed by atoms with E-state index in [1.54, 1.807) is 16.9 Å². The third-order valence-electron chi connectivity index (χ3n) is 1.98. The van der Waals surface area contributed by atoms with Gasteiger partial charge in [0.25, 0.3) is 0 Å². The highest BCUT2D eigenvalue weighted by atomic mass is 15.2. The molecule has 0 aliphatic carbocycles. The van der Waals surface area contributed by atoms with Crippen molar-refractivity contribution in [2.24, 2.45) is 7.05 Å². The number of anilines is 2. The molecule has 4 N–H and O–H groups in total. The Hall–Kier alpha value is -2.04. The second-order valence-electron chi connectivity index (χ2n) is 3.04. The Morgan fingerprint density at radius 2 is 2.07 bits per heavy atom. The van der Waals surface area contributed by atoms with Crippen LogP contribution in [0.4, 0.5) is 11.4 Å². The second kappa shape index (κ2) is 3.02. The molecule has 0 amide bonds. The number of nitrogen functional groups attached to an aromatic ring is 2. The molecule has 0 fully saturated rings. The molecule has 2 rings (SSSR count). The molecule has 2 aromatic heterocycles. The summed E-state index contributed by atoms with van der Waals surface area (Å²) in [6, 6.07) is 3.51. The molecule has 72 valence electrons. The summed E-state index contributed by atoms with van der Waals surface area (Å²) in [5.41, 5.74) is 13.8. The summed E-state index contributed by atoms with van der Waals surface area (Å²) in [5.74, 6) is 0. The zero-order valence-electron chi connectivity index (χ0n) is 7.81. The van der Waals surface area contributed by atoms with Crippen LogP contribution in [-0.4, -0.2) is 14.8 Å². The van der Waals surface area contributed by atoms with Gasteiger partial charge in [-0.1, -0.05) is 0 Å². The van der Waals surface area contributed by atoms with Gasteiger partial charge in [0, 0.05) is 19.4 Å². The summed E-state index contributed by atoms with van der Waals surface area (Å²) in [6.07, 6.45) is 3.45. The number of hydrogen-bond acceptors (Lipinski definition) is 4. The smallest absolute Gasteiger partial charge is 0.115 e. The normalized spacial score (nSPS) is 10.4. The van der Waals surface area contributed by atoms with E-state index in [4.69, 9.17) is 11.5 Å². The first-order valence-corrected chi connectivity index (χ1v) is 4.18. The van der Waals surface area contributed by atoms with Gasteiger partial charge >= 0.3 is 0 Å². The minimum atomic E-state index is 0.478. The van der Waals surface area contributed by atoms with E-state index in [1.807, 2.05) is 19.3 Å². The number of pyridine rings is 1. The minimum absolute atomic E-state index is 0.478. The average molecular weight is 189 g/mol. The van der Waals surface area contributed by atoms with E-state index in [0.717, 1.165) is 5.69 Å². The SMILES string of the molecule is Cn1ccc(-c2nccc(N)c2N)n1. The maximum atomic E-state index is 5.79. The second-order valence-corrected chi connectivity index (χ2v) is 3.04. The van der Waals surface area contributed by atoms with Gasteiger partial charge in [-0.15, -0.1) is 0 Å². The fourth-order valence-corrected chi connectivity index (χ4v) is 1.23. The molecule has 0 spiro atoms. The van der Waals surface area contributed by atoms with E-state index in [1.165, 1.54) is 0 Å². The summed E-state index contributed by atoms with van der Waals surface area (Å²) < 4.78 is 1.69. The number of hydrogen-bond donors (Lipinski definition) is 2. The van der Waals surface area contributed by atoms with Crippen molar-refractivity contribution in [3.63, 3.8) is 0 Å². The van der Waals surface area contributed by atoms with E-state index in [2.05, 4.69) is 10.1 Å². The van der Waals surface area contributed by atoms with Crippen LogP contribution >= 0.6 is 0 Å². The summed E-state index contributed by atoms with van der Waals surface area (Å²) in [4.78, 5) is 4.14. The van der Waals surface area contributed by atoms with E-state index >= 15 is 0 Å². The van der Waals surface area contributed by atoms with Crippen molar-refractivity contribution in [3.8, 4) is 11.4 Å². The first kappa shape index (κ1) is 8.55. The van der Waals surface area contributed by atoms with Crippen LogP contribution in [-0.2, 0) is 7.05 Å². The molecule has 0 unspecified atom stereocenters. The van der Waals surface area contributed by atoms with Gasteiger partial charge in [-0.3, -0.25) is 9.67 Å². The highest BCUT2D eigenvalue weighted by Crippen LogP contribution is 2.25. The highest BCUT2D eigenvalue weighted by molar-refractivity contribution is 5.79. The molecule has 0 saturated carbocycles. The Morgan fingerprint density at radius 1 is 1.29 bits per heavy atom. The predicted octanol–water partition coefficient (Wildman–Crippen LogP) is 0.647. The molecule has 2 heterocycles. The van der Waals surface area contributed by atoms with Crippen LogP contribution in [0.2, 0.25) is 0 Å². The van der Waals surface area contributed by atoms with Gasteiger partial charge in [0.2, 0.25) is 0 Å². The quantitative estimate of drug-likeness (QED) is 0.689. The lowest BCUT2D eigenvalue weighted by Gasteiger charge is -2.03. The van der Waals surface area contributed by atoms with Crippen LogP contribution in [0.3, 0.4) is 0 Å². The summed E-state index contributed by atoms with van der Waals surface area (Å²) in [5, 5.41) is 4.20. The van der Waals surface area contributed by atoms with Gasteiger partial charge in [0.15, 0.2) is 0 Å². The van der Waals surface area contributed by atoms with Crippen LogP contribution < -0.4 is 11.5 Å². The van der Waals surface area contributed by atoms with Gasteiger partial charge in [-0.2, -0.15) is 5.10 Å². The maximum absolute atomic E-state index is 5.79. The molecule has 0 aromatic carbocycles. The maximum Gasteiger partial charge on any atom is 0.115 e. The summed E-state index contributed by atoms with van der Waals surface area (Å²) >= 11 is 0. The minimum Gasteiger partial charge on any atom is -0.397 e. The van der Waals surface area contributed by atoms with Crippen molar-refractivity contribution >= 4 is 11.4 Å². The van der Waals surface area contributed by atoms with Crippen molar-refractivity contribution in [2.45, 2.75) is 0 Å². The Bertz CT molecular complexity index is 460. The molecule has 14 heavy (non-hydrogen) atoms. The monoisotopic (exact) mass is 189 g/mol. The third kappa shape index (κ3) is 1.28. The van der Waals surface area contributed by atoms with Gasteiger partial charge in [-0.25, -0.2) is 0 Å². The first-order chi connectivity index (χ1) is 6.68. The van der Waals surface area contributed by atoms with Gasteiger partial charge in [0.05, 0.1) is 11.4 Å². The number of aryl methyl sites for hydroxylation is 1. The lowest BCUT2D eigenvalue weighted by molar-refractivity contribution is 0.770. The van der Waals surface area contributed by atoms with Crippen molar-refractivity contribution in [3.05, 3.63) is 24.5 Å². The van der Waals surface area contributed by atoms with Crippen molar-refractivity contribution in [2.75, 3.05) is 11.5 Å². The zero-order chi connectivity index (χ0) is 10.1. The molecule has 2 aromatic rings. The van der Waals surface area contributed by atoms with E-state index < -0.39 is 0 Å². The third-order valence-corrected chi connectivity index (χ3v) is 1.98.